The highest BCUT2D eigenvalue weighted by molar-refractivity contribution is 5.96. The molecule has 27 heavy (non-hydrogen) atoms. The third kappa shape index (κ3) is 6.40. The Labute approximate surface area is 157 Å². The smallest absolute Gasteiger partial charge is 0.331 e. The first kappa shape index (κ1) is 19.9. The van der Waals surface area contributed by atoms with Gasteiger partial charge in [-0.25, -0.2) is 9.18 Å². The Morgan fingerprint density at radius 2 is 1.81 bits per heavy atom. The summed E-state index contributed by atoms with van der Waals surface area (Å²) in [5.74, 6) is -1.47. The van der Waals surface area contributed by atoms with Crippen LogP contribution in [0.4, 0.5) is 10.1 Å². The first-order valence-electron chi connectivity index (χ1n) is 8.34. The van der Waals surface area contributed by atoms with Crippen molar-refractivity contribution in [3.8, 4) is 6.07 Å². The van der Waals surface area contributed by atoms with E-state index in [4.69, 9.17) is 10.00 Å². The number of anilines is 1. The SMILES string of the molecule is Cc1ccc(N(CCC#N)C(=O)COC(=O)/C=C/c2ccc(F)cc2)cc1. The van der Waals surface area contributed by atoms with Crippen LogP contribution in [0.3, 0.4) is 0 Å². The van der Waals surface area contributed by atoms with Gasteiger partial charge in [-0.15, -0.1) is 0 Å². The second kappa shape index (κ2) is 9.88. The van der Waals surface area contributed by atoms with Gasteiger partial charge in [0, 0.05) is 18.3 Å². The fourth-order valence-corrected chi connectivity index (χ4v) is 2.28. The van der Waals surface area contributed by atoms with E-state index in [1.54, 1.807) is 12.1 Å². The summed E-state index contributed by atoms with van der Waals surface area (Å²) in [7, 11) is 0. The first-order valence-corrected chi connectivity index (χ1v) is 8.34. The average Bonchev–Trinajstić information content (AvgIpc) is 2.67. The van der Waals surface area contributed by atoms with Gasteiger partial charge in [-0.2, -0.15) is 5.26 Å². The van der Waals surface area contributed by atoms with Crippen molar-refractivity contribution in [2.75, 3.05) is 18.1 Å². The zero-order valence-electron chi connectivity index (χ0n) is 14.9. The highest BCUT2D eigenvalue weighted by Crippen LogP contribution is 2.16. The molecule has 6 heteroatoms. The predicted molar refractivity (Wildman–Crippen MR) is 100 cm³/mol. The molecule has 0 saturated carbocycles. The summed E-state index contributed by atoms with van der Waals surface area (Å²) in [4.78, 5) is 25.6. The molecule has 2 aromatic rings. The van der Waals surface area contributed by atoms with E-state index in [0.717, 1.165) is 5.56 Å². The molecule has 0 aliphatic heterocycles. The first-order chi connectivity index (χ1) is 13.0. The summed E-state index contributed by atoms with van der Waals surface area (Å²) in [6.07, 6.45) is 2.81. The van der Waals surface area contributed by atoms with Crippen molar-refractivity contribution in [2.24, 2.45) is 0 Å². The number of amides is 1. The Bertz CT molecular complexity index is 852. The van der Waals surface area contributed by atoms with Crippen molar-refractivity contribution < 1.29 is 18.7 Å². The number of carbonyl (C=O) groups excluding carboxylic acids is 2. The Hall–Kier alpha value is -3.46. The van der Waals surface area contributed by atoms with Gasteiger partial charge in [-0.05, 0) is 42.8 Å². The van der Waals surface area contributed by atoms with Crippen LogP contribution in [-0.4, -0.2) is 25.0 Å². The Kier molecular flexibility index (Phi) is 7.26. The number of hydrogen-bond acceptors (Lipinski definition) is 4. The minimum atomic E-state index is -0.684. The monoisotopic (exact) mass is 366 g/mol. The van der Waals surface area contributed by atoms with Crippen molar-refractivity contribution >= 4 is 23.6 Å². The van der Waals surface area contributed by atoms with E-state index in [1.807, 2.05) is 25.1 Å². The fourth-order valence-electron chi connectivity index (χ4n) is 2.28. The van der Waals surface area contributed by atoms with Crippen molar-refractivity contribution in [2.45, 2.75) is 13.3 Å². The quantitative estimate of drug-likeness (QED) is 0.554. The van der Waals surface area contributed by atoms with E-state index < -0.39 is 18.5 Å². The lowest BCUT2D eigenvalue weighted by Gasteiger charge is -2.21. The van der Waals surface area contributed by atoms with Crippen molar-refractivity contribution in [3.05, 3.63) is 71.6 Å². The van der Waals surface area contributed by atoms with E-state index >= 15 is 0 Å². The molecular weight excluding hydrogens is 347 g/mol. The molecule has 5 nitrogen and oxygen atoms in total. The summed E-state index contributed by atoms with van der Waals surface area (Å²) in [6, 6.07) is 14.9. The lowest BCUT2D eigenvalue weighted by Crippen LogP contribution is -2.35. The number of nitrogens with zero attached hydrogens (tertiary/aromatic N) is 2. The van der Waals surface area contributed by atoms with Gasteiger partial charge in [0.15, 0.2) is 6.61 Å². The van der Waals surface area contributed by atoms with Crippen molar-refractivity contribution in [3.63, 3.8) is 0 Å². The van der Waals surface area contributed by atoms with Gasteiger partial charge in [0.05, 0.1) is 12.5 Å². The second-order valence-electron chi connectivity index (χ2n) is 5.78. The van der Waals surface area contributed by atoms with Crippen LogP contribution in [0.2, 0.25) is 0 Å². The molecule has 0 bridgehead atoms. The van der Waals surface area contributed by atoms with Crippen LogP contribution in [0.15, 0.2) is 54.6 Å². The molecule has 0 saturated heterocycles. The van der Waals surface area contributed by atoms with Crippen LogP contribution in [0.1, 0.15) is 17.5 Å². The summed E-state index contributed by atoms with van der Waals surface area (Å²) < 4.78 is 17.8. The zero-order chi connectivity index (χ0) is 19.6. The molecule has 0 aliphatic rings. The van der Waals surface area contributed by atoms with E-state index in [2.05, 4.69) is 0 Å². The van der Waals surface area contributed by atoms with Gasteiger partial charge < -0.3 is 9.64 Å². The van der Waals surface area contributed by atoms with Crippen LogP contribution in [0.5, 0.6) is 0 Å². The molecule has 0 atom stereocenters. The fraction of sp³-hybridized carbons (Fsp3) is 0.190. The number of esters is 1. The highest BCUT2D eigenvalue weighted by atomic mass is 19.1. The topological polar surface area (TPSA) is 70.4 Å². The minimum absolute atomic E-state index is 0.165. The number of halogens is 1. The Balaban J connectivity index is 1.95. The molecule has 0 heterocycles. The van der Waals surface area contributed by atoms with Gasteiger partial charge in [-0.1, -0.05) is 29.8 Å². The highest BCUT2D eigenvalue weighted by Gasteiger charge is 2.16. The summed E-state index contributed by atoms with van der Waals surface area (Å²) in [5, 5.41) is 8.80. The van der Waals surface area contributed by atoms with Crippen LogP contribution < -0.4 is 4.90 Å². The molecule has 2 rings (SSSR count). The van der Waals surface area contributed by atoms with E-state index in [9.17, 15) is 14.0 Å². The number of aryl methyl sites for hydroxylation is 1. The van der Waals surface area contributed by atoms with E-state index in [1.165, 1.54) is 41.3 Å². The molecule has 0 aliphatic carbocycles. The normalized spacial score (nSPS) is 10.4. The molecule has 1 amide bonds. The van der Waals surface area contributed by atoms with E-state index in [0.29, 0.717) is 11.3 Å². The molecule has 0 radical (unpaired) electrons. The standard InChI is InChI=1S/C21H19FN2O3/c1-16-3-10-19(11-4-16)24(14-2-13-23)20(25)15-27-21(26)12-7-17-5-8-18(22)9-6-17/h3-12H,2,14-15H2,1H3/b12-7+. The maximum absolute atomic E-state index is 12.8. The maximum atomic E-state index is 12.8. The van der Waals surface area contributed by atoms with E-state index in [-0.39, 0.29) is 18.8 Å². The molecule has 0 unspecified atom stereocenters. The molecule has 0 N–H and O–H groups in total. The number of benzene rings is 2. The summed E-state index contributed by atoms with van der Waals surface area (Å²) >= 11 is 0. The van der Waals surface area contributed by atoms with Crippen LogP contribution in [0, 0.1) is 24.1 Å². The number of rotatable bonds is 7. The zero-order valence-corrected chi connectivity index (χ0v) is 14.9. The van der Waals surface area contributed by atoms with Gasteiger partial charge in [0.1, 0.15) is 5.82 Å². The van der Waals surface area contributed by atoms with Crippen molar-refractivity contribution in [1.82, 2.24) is 0 Å². The lowest BCUT2D eigenvalue weighted by molar-refractivity contribution is -0.142. The minimum Gasteiger partial charge on any atom is -0.452 e. The number of hydrogen-bond donors (Lipinski definition) is 0. The van der Waals surface area contributed by atoms with Gasteiger partial charge in [-0.3, -0.25) is 4.79 Å². The molecule has 138 valence electrons. The van der Waals surface area contributed by atoms with Crippen molar-refractivity contribution in [1.29, 1.82) is 5.26 Å². The van der Waals surface area contributed by atoms with Crippen LogP contribution in [0.25, 0.3) is 6.08 Å². The van der Waals surface area contributed by atoms with Crippen LogP contribution in [-0.2, 0) is 14.3 Å². The number of ether oxygens (including phenoxy) is 1. The second-order valence-corrected chi connectivity index (χ2v) is 5.78. The number of carbonyl (C=O) groups is 2. The summed E-state index contributed by atoms with van der Waals surface area (Å²) in [6.45, 7) is 1.70. The predicted octanol–water partition coefficient (Wildman–Crippen LogP) is 3.64. The third-order valence-corrected chi connectivity index (χ3v) is 3.71. The molecule has 2 aromatic carbocycles. The Morgan fingerprint density at radius 1 is 1.15 bits per heavy atom. The maximum Gasteiger partial charge on any atom is 0.331 e. The van der Waals surface area contributed by atoms with Gasteiger partial charge in [0.2, 0.25) is 0 Å². The third-order valence-electron chi connectivity index (χ3n) is 3.71. The average molecular weight is 366 g/mol. The molecular formula is C21H19FN2O3. The summed E-state index contributed by atoms with van der Waals surface area (Å²) in [5.41, 5.74) is 2.32. The lowest BCUT2D eigenvalue weighted by atomic mass is 10.2. The number of nitriles is 1. The van der Waals surface area contributed by atoms with Crippen LogP contribution >= 0.6 is 0 Å². The largest absolute Gasteiger partial charge is 0.452 e. The van der Waals surface area contributed by atoms with Gasteiger partial charge in [0.25, 0.3) is 5.91 Å². The molecule has 0 spiro atoms. The van der Waals surface area contributed by atoms with Gasteiger partial charge >= 0.3 is 5.97 Å². The molecule has 0 fully saturated rings. The Morgan fingerprint density at radius 3 is 2.44 bits per heavy atom. The molecule has 0 aromatic heterocycles.